The van der Waals surface area contributed by atoms with Crippen molar-refractivity contribution in [1.29, 1.82) is 0 Å². The number of hydrogen-bond donors (Lipinski definition) is 2. The number of H-pyrrole nitrogens is 1. The molecule has 104 valence electrons. The number of halogens is 1. The minimum Gasteiger partial charge on any atom is -0.464 e. The Hall–Kier alpha value is -2.63. The SMILES string of the molecule is CNC(=O)c1ccc(F)c(-c2ccc(C(=O)OC)[nH]2)c1. The molecule has 6 heteroatoms. The van der Waals surface area contributed by atoms with Crippen LogP contribution in [0.25, 0.3) is 11.3 Å². The molecular weight excluding hydrogens is 263 g/mol. The van der Waals surface area contributed by atoms with Crippen LogP contribution in [0.1, 0.15) is 20.8 Å². The van der Waals surface area contributed by atoms with Gasteiger partial charge in [-0.05, 0) is 30.3 Å². The summed E-state index contributed by atoms with van der Waals surface area (Å²) in [4.78, 5) is 25.7. The zero-order chi connectivity index (χ0) is 14.7. The molecule has 0 aliphatic rings. The number of rotatable bonds is 3. The molecule has 0 saturated heterocycles. The van der Waals surface area contributed by atoms with Crippen LogP contribution in [0.15, 0.2) is 30.3 Å². The second-order valence-electron chi connectivity index (χ2n) is 4.05. The quantitative estimate of drug-likeness (QED) is 0.842. The van der Waals surface area contributed by atoms with Crippen LogP contribution in [-0.2, 0) is 4.74 Å². The molecule has 0 unspecified atom stereocenters. The van der Waals surface area contributed by atoms with Crippen molar-refractivity contribution < 1.29 is 18.7 Å². The Labute approximate surface area is 114 Å². The summed E-state index contributed by atoms with van der Waals surface area (Å²) in [5, 5.41) is 2.47. The summed E-state index contributed by atoms with van der Waals surface area (Å²) in [5.41, 5.74) is 1.15. The summed E-state index contributed by atoms with van der Waals surface area (Å²) in [7, 11) is 2.75. The lowest BCUT2D eigenvalue weighted by atomic mass is 10.1. The topological polar surface area (TPSA) is 71.2 Å². The monoisotopic (exact) mass is 276 g/mol. The van der Waals surface area contributed by atoms with E-state index in [0.29, 0.717) is 11.3 Å². The number of aromatic nitrogens is 1. The van der Waals surface area contributed by atoms with E-state index in [9.17, 15) is 14.0 Å². The summed E-state index contributed by atoms with van der Waals surface area (Å²) in [6, 6.07) is 7.06. The number of amides is 1. The molecule has 2 N–H and O–H groups in total. The highest BCUT2D eigenvalue weighted by atomic mass is 19.1. The van der Waals surface area contributed by atoms with Crippen molar-refractivity contribution in [3.8, 4) is 11.3 Å². The maximum atomic E-state index is 13.8. The van der Waals surface area contributed by atoms with Crippen LogP contribution in [0, 0.1) is 5.82 Å². The average Bonchev–Trinajstić information content (AvgIpc) is 2.95. The number of aromatic amines is 1. The maximum absolute atomic E-state index is 13.8. The molecule has 0 aliphatic heterocycles. The van der Waals surface area contributed by atoms with Crippen molar-refractivity contribution in [1.82, 2.24) is 10.3 Å². The third kappa shape index (κ3) is 2.54. The van der Waals surface area contributed by atoms with Gasteiger partial charge in [0.05, 0.1) is 7.11 Å². The Morgan fingerprint density at radius 1 is 1.25 bits per heavy atom. The molecule has 0 saturated carbocycles. The van der Waals surface area contributed by atoms with E-state index in [1.54, 1.807) is 6.07 Å². The number of carbonyl (C=O) groups excluding carboxylic acids is 2. The maximum Gasteiger partial charge on any atom is 0.354 e. The van der Waals surface area contributed by atoms with Gasteiger partial charge in [0.2, 0.25) is 0 Å². The van der Waals surface area contributed by atoms with Gasteiger partial charge in [-0.1, -0.05) is 0 Å². The molecule has 0 aliphatic carbocycles. The van der Waals surface area contributed by atoms with Crippen molar-refractivity contribution in [2.45, 2.75) is 0 Å². The smallest absolute Gasteiger partial charge is 0.354 e. The predicted molar refractivity (Wildman–Crippen MR) is 70.9 cm³/mol. The molecule has 2 aromatic rings. The van der Waals surface area contributed by atoms with E-state index in [2.05, 4.69) is 15.0 Å². The molecule has 1 heterocycles. The number of ether oxygens (including phenoxy) is 1. The van der Waals surface area contributed by atoms with E-state index >= 15 is 0 Å². The van der Waals surface area contributed by atoms with Gasteiger partial charge < -0.3 is 15.0 Å². The van der Waals surface area contributed by atoms with Crippen molar-refractivity contribution in [3.05, 3.63) is 47.4 Å². The van der Waals surface area contributed by atoms with Gasteiger partial charge in [0.1, 0.15) is 11.5 Å². The summed E-state index contributed by atoms with van der Waals surface area (Å²) >= 11 is 0. The molecule has 2 rings (SSSR count). The van der Waals surface area contributed by atoms with Crippen LogP contribution in [0.3, 0.4) is 0 Å². The van der Waals surface area contributed by atoms with E-state index in [-0.39, 0.29) is 17.2 Å². The van der Waals surface area contributed by atoms with Crippen molar-refractivity contribution in [2.75, 3.05) is 14.2 Å². The Balaban J connectivity index is 2.44. The number of esters is 1. The van der Waals surface area contributed by atoms with Gasteiger partial charge in [-0.3, -0.25) is 4.79 Å². The van der Waals surface area contributed by atoms with E-state index in [1.165, 1.54) is 38.4 Å². The van der Waals surface area contributed by atoms with Crippen LogP contribution < -0.4 is 5.32 Å². The predicted octanol–water partition coefficient (Wildman–Crippen LogP) is 1.97. The van der Waals surface area contributed by atoms with Gasteiger partial charge in [-0.15, -0.1) is 0 Å². The molecule has 5 nitrogen and oxygen atoms in total. The van der Waals surface area contributed by atoms with Crippen LogP contribution >= 0.6 is 0 Å². The van der Waals surface area contributed by atoms with Crippen molar-refractivity contribution in [2.24, 2.45) is 0 Å². The lowest BCUT2D eigenvalue weighted by Gasteiger charge is -2.05. The van der Waals surface area contributed by atoms with Gasteiger partial charge in [-0.2, -0.15) is 0 Å². The standard InChI is InChI=1S/C14H13FN2O3/c1-16-13(18)8-3-4-10(15)9(7-8)11-5-6-12(17-11)14(19)20-2/h3-7,17H,1-2H3,(H,16,18). The van der Waals surface area contributed by atoms with Gasteiger partial charge >= 0.3 is 5.97 Å². The third-order valence-electron chi connectivity index (χ3n) is 2.84. The molecule has 0 bridgehead atoms. The minimum atomic E-state index is -0.542. The summed E-state index contributed by atoms with van der Waals surface area (Å²) in [6.45, 7) is 0. The first-order valence-electron chi connectivity index (χ1n) is 5.86. The first kappa shape index (κ1) is 13.8. The Kier molecular flexibility index (Phi) is 3.84. The molecule has 0 atom stereocenters. The molecule has 0 spiro atoms. The second-order valence-corrected chi connectivity index (χ2v) is 4.05. The molecule has 0 fully saturated rings. The first-order chi connectivity index (χ1) is 9.56. The minimum absolute atomic E-state index is 0.209. The lowest BCUT2D eigenvalue weighted by molar-refractivity contribution is 0.0594. The van der Waals surface area contributed by atoms with Crippen LogP contribution in [0.4, 0.5) is 4.39 Å². The van der Waals surface area contributed by atoms with Crippen molar-refractivity contribution >= 4 is 11.9 Å². The Bertz CT molecular complexity index is 664. The van der Waals surface area contributed by atoms with E-state index in [0.717, 1.165) is 0 Å². The highest BCUT2D eigenvalue weighted by Crippen LogP contribution is 2.23. The lowest BCUT2D eigenvalue weighted by Crippen LogP contribution is -2.17. The summed E-state index contributed by atoms with van der Waals surface area (Å²) < 4.78 is 18.4. The summed E-state index contributed by atoms with van der Waals surface area (Å²) in [6.07, 6.45) is 0. The zero-order valence-electron chi connectivity index (χ0n) is 11.0. The molecular formula is C14H13FN2O3. The fourth-order valence-corrected chi connectivity index (χ4v) is 1.80. The largest absolute Gasteiger partial charge is 0.464 e. The molecule has 0 radical (unpaired) electrons. The van der Waals surface area contributed by atoms with Crippen LogP contribution in [-0.4, -0.2) is 31.0 Å². The highest BCUT2D eigenvalue weighted by molar-refractivity contribution is 5.95. The third-order valence-corrected chi connectivity index (χ3v) is 2.84. The number of benzene rings is 1. The fraction of sp³-hybridized carbons (Fsp3) is 0.143. The van der Waals surface area contributed by atoms with E-state index < -0.39 is 11.8 Å². The van der Waals surface area contributed by atoms with Crippen molar-refractivity contribution in [3.63, 3.8) is 0 Å². The molecule has 1 aromatic heterocycles. The number of carbonyl (C=O) groups is 2. The number of hydrogen-bond acceptors (Lipinski definition) is 3. The van der Waals surface area contributed by atoms with E-state index in [1.807, 2.05) is 0 Å². The second kappa shape index (κ2) is 5.56. The van der Waals surface area contributed by atoms with Crippen LogP contribution in [0.2, 0.25) is 0 Å². The average molecular weight is 276 g/mol. The fourth-order valence-electron chi connectivity index (χ4n) is 1.80. The number of nitrogens with one attached hydrogen (secondary N) is 2. The zero-order valence-corrected chi connectivity index (χ0v) is 11.0. The van der Waals surface area contributed by atoms with Gasteiger partial charge in [0.15, 0.2) is 0 Å². The van der Waals surface area contributed by atoms with Gasteiger partial charge in [-0.25, -0.2) is 9.18 Å². The first-order valence-corrected chi connectivity index (χ1v) is 5.86. The number of methoxy groups -OCH3 is 1. The molecule has 20 heavy (non-hydrogen) atoms. The molecule has 1 amide bonds. The Morgan fingerprint density at radius 2 is 2.00 bits per heavy atom. The summed E-state index contributed by atoms with van der Waals surface area (Å²) in [5.74, 6) is -1.35. The van der Waals surface area contributed by atoms with E-state index in [4.69, 9.17) is 0 Å². The van der Waals surface area contributed by atoms with Crippen LogP contribution in [0.5, 0.6) is 0 Å². The Morgan fingerprint density at radius 3 is 2.65 bits per heavy atom. The normalized spacial score (nSPS) is 10.2. The highest BCUT2D eigenvalue weighted by Gasteiger charge is 2.14. The molecule has 1 aromatic carbocycles. The van der Waals surface area contributed by atoms with Gasteiger partial charge in [0.25, 0.3) is 5.91 Å². The van der Waals surface area contributed by atoms with Gasteiger partial charge in [0, 0.05) is 23.9 Å².